The van der Waals surface area contributed by atoms with Crippen molar-refractivity contribution in [3.8, 4) is 22.6 Å². The molecule has 1 amide bonds. The predicted octanol–water partition coefficient (Wildman–Crippen LogP) is 6.78. The molecule has 1 saturated heterocycles. The van der Waals surface area contributed by atoms with Crippen LogP contribution >= 0.6 is 11.6 Å². The van der Waals surface area contributed by atoms with Crippen molar-refractivity contribution in [3.63, 3.8) is 0 Å². The first-order valence-corrected chi connectivity index (χ1v) is 13.7. The molecule has 0 bridgehead atoms. The maximum absolute atomic E-state index is 13.1. The molecule has 2 heterocycles. The lowest BCUT2D eigenvalue weighted by Gasteiger charge is -2.28. The summed E-state index contributed by atoms with van der Waals surface area (Å²) in [6, 6.07) is 25.6. The molecule has 0 aromatic heterocycles. The van der Waals surface area contributed by atoms with Crippen molar-refractivity contribution >= 4 is 40.3 Å². The van der Waals surface area contributed by atoms with Crippen molar-refractivity contribution in [1.82, 2.24) is 0 Å². The molecule has 2 N–H and O–H groups in total. The van der Waals surface area contributed by atoms with E-state index in [9.17, 15) is 4.79 Å². The van der Waals surface area contributed by atoms with Gasteiger partial charge in [0.2, 0.25) is 0 Å². The van der Waals surface area contributed by atoms with Crippen LogP contribution in [0.15, 0.2) is 78.9 Å². The molecular formula is C32H30ClN3O4. The topological polar surface area (TPSA) is 72.1 Å². The maximum Gasteiger partial charge on any atom is 0.257 e. The Kier molecular flexibility index (Phi) is 7.49. The normalized spacial score (nSPS) is 14.3. The molecule has 2 aliphatic heterocycles. The minimum absolute atomic E-state index is 0.157. The van der Waals surface area contributed by atoms with Gasteiger partial charge in [-0.1, -0.05) is 29.8 Å². The zero-order valence-corrected chi connectivity index (χ0v) is 23.0. The first kappa shape index (κ1) is 26.0. The molecule has 40 heavy (non-hydrogen) atoms. The summed E-state index contributed by atoms with van der Waals surface area (Å²) in [6.07, 6.45) is 0.712. The Labute approximate surface area is 238 Å². The molecule has 0 atom stereocenters. The summed E-state index contributed by atoms with van der Waals surface area (Å²) in [5, 5.41) is 7.05. The lowest BCUT2D eigenvalue weighted by molar-refractivity contribution is 0.102. The number of rotatable bonds is 7. The van der Waals surface area contributed by atoms with E-state index in [1.54, 1.807) is 7.11 Å². The maximum atomic E-state index is 13.1. The number of morpholine rings is 1. The zero-order valence-electron chi connectivity index (χ0n) is 22.2. The van der Waals surface area contributed by atoms with E-state index < -0.39 is 0 Å². The Morgan fingerprint density at radius 3 is 2.42 bits per heavy atom. The van der Waals surface area contributed by atoms with Crippen LogP contribution in [0.25, 0.3) is 11.1 Å². The molecule has 4 aromatic carbocycles. The van der Waals surface area contributed by atoms with Gasteiger partial charge < -0.3 is 29.7 Å². The molecule has 4 aromatic rings. The minimum Gasteiger partial charge on any atom is -0.495 e. The molecule has 0 spiro atoms. The third kappa shape index (κ3) is 5.57. The number of benzene rings is 4. The van der Waals surface area contributed by atoms with Gasteiger partial charge in [0.25, 0.3) is 5.91 Å². The first-order chi connectivity index (χ1) is 19.6. The second-order valence-corrected chi connectivity index (χ2v) is 10.2. The van der Waals surface area contributed by atoms with Crippen molar-refractivity contribution < 1.29 is 19.0 Å². The van der Waals surface area contributed by atoms with E-state index in [0.29, 0.717) is 29.4 Å². The van der Waals surface area contributed by atoms with Crippen LogP contribution in [-0.4, -0.2) is 45.9 Å². The standard InChI is InChI=1S/C32H30ClN3O4/c1-38-31-20-23(4-10-27(31)33)22-3-9-26-29(19-22)34-28-11-2-21(18-30(28)35-32(26)37)12-15-40-25-7-5-24(6-8-25)36-13-16-39-17-14-36/h2-11,18-20,34H,12-17H2,1H3,(H,35,37). The van der Waals surface area contributed by atoms with Crippen LogP contribution in [0.2, 0.25) is 5.02 Å². The van der Waals surface area contributed by atoms with Gasteiger partial charge in [0.1, 0.15) is 11.5 Å². The molecule has 0 radical (unpaired) electrons. The zero-order chi connectivity index (χ0) is 27.5. The van der Waals surface area contributed by atoms with Crippen LogP contribution in [0.4, 0.5) is 22.7 Å². The van der Waals surface area contributed by atoms with Crippen LogP contribution in [0.5, 0.6) is 11.5 Å². The summed E-state index contributed by atoms with van der Waals surface area (Å²) in [4.78, 5) is 15.4. The Morgan fingerprint density at radius 2 is 1.62 bits per heavy atom. The number of ether oxygens (including phenoxy) is 3. The minimum atomic E-state index is -0.157. The third-order valence-corrected chi connectivity index (χ3v) is 7.53. The summed E-state index contributed by atoms with van der Waals surface area (Å²) >= 11 is 6.20. The van der Waals surface area contributed by atoms with Crippen molar-refractivity contribution in [2.45, 2.75) is 6.42 Å². The number of fused-ring (bicyclic) bond motifs is 2. The third-order valence-electron chi connectivity index (χ3n) is 7.22. The summed E-state index contributed by atoms with van der Waals surface area (Å²) in [6.45, 7) is 3.88. The highest BCUT2D eigenvalue weighted by Gasteiger charge is 2.20. The fraction of sp³-hybridized carbons (Fsp3) is 0.219. The van der Waals surface area contributed by atoms with Crippen LogP contribution in [0, 0.1) is 0 Å². The fourth-order valence-electron chi connectivity index (χ4n) is 5.02. The Morgan fingerprint density at radius 1 is 0.850 bits per heavy atom. The lowest BCUT2D eigenvalue weighted by Crippen LogP contribution is -2.36. The van der Waals surface area contributed by atoms with E-state index in [4.69, 9.17) is 25.8 Å². The number of hydrogen-bond acceptors (Lipinski definition) is 6. The molecule has 0 unspecified atom stereocenters. The molecule has 6 rings (SSSR count). The van der Waals surface area contributed by atoms with Gasteiger partial charge in [-0.2, -0.15) is 0 Å². The van der Waals surface area contributed by atoms with E-state index in [1.807, 2.05) is 60.7 Å². The number of carbonyl (C=O) groups is 1. The smallest absolute Gasteiger partial charge is 0.257 e. The van der Waals surface area contributed by atoms with Crippen LogP contribution in [0.1, 0.15) is 15.9 Å². The fourth-order valence-corrected chi connectivity index (χ4v) is 5.21. The SMILES string of the molecule is COc1cc(-c2ccc3c(c2)Nc2ccc(CCOc4ccc(N5CCOCC5)cc4)cc2NC3=O)ccc1Cl. The first-order valence-electron chi connectivity index (χ1n) is 13.3. The predicted molar refractivity (Wildman–Crippen MR) is 160 cm³/mol. The van der Waals surface area contributed by atoms with Crippen molar-refractivity contribution in [2.75, 3.05) is 55.6 Å². The second kappa shape index (κ2) is 11.5. The summed E-state index contributed by atoms with van der Waals surface area (Å²) < 4.78 is 16.8. The van der Waals surface area contributed by atoms with E-state index in [-0.39, 0.29) is 5.91 Å². The molecule has 7 nitrogen and oxygen atoms in total. The average Bonchev–Trinajstić information content (AvgIpc) is 3.13. The monoisotopic (exact) mass is 555 g/mol. The van der Waals surface area contributed by atoms with E-state index in [2.05, 4.69) is 33.7 Å². The van der Waals surface area contributed by atoms with Gasteiger partial charge in [-0.05, 0) is 77.4 Å². The number of nitrogens with zero attached hydrogens (tertiary/aromatic N) is 1. The van der Waals surface area contributed by atoms with Crippen molar-refractivity contribution in [3.05, 3.63) is 95.0 Å². The quantitative estimate of drug-likeness (QED) is 0.262. The molecule has 2 aliphatic rings. The van der Waals surface area contributed by atoms with Gasteiger partial charge in [-0.3, -0.25) is 4.79 Å². The highest BCUT2D eigenvalue weighted by molar-refractivity contribution is 6.32. The highest BCUT2D eigenvalue weighted by atomic mass is 35.5. The second-order valence-electron chi connectivity index (χ2n) is 9.76. The lowest BCUT2D eigenvalue weighted by atomic mass is 10.0. The van der Waals surface area contributed by atoms with Gasteiger partial charge in [0, 0.05) is 25.2 Å². The van der Waals surface area contributed by atoms with Crippen LogP contribution in [0.3, 0.4) is 0 Å². The number of carbonyl (C=O) groups excluding carboxylic acids is 1. The van der Waals surface area contributed by atoms with Gasteiger partial charge in [0.05, 0.1) is 54.6 Å². The Bertz CT molecular complexity index is 1530. The van der Waals surface area contributed by atoms with E-state index >= 15 is 0 Å². The number of methoxy groups -OCH3 is 1. The molecule has 0 aliphatic carbocycles. The molecule has 0 saturated carbocycles. The molecule has 8 heteroatoms. The van der Waals surface area contributed by atoms with Gasteiger partial charge in [-0.15, -0.1) is 0 Å². The molecule has 204 valence electrons. The highest BCUT2D eigenvalue weighted by Crippen LogP contribution is 2.37. The average molecular weight is 556 g/mol. The van der Waals surface area contributed by atoms with E-state index in [0.717, 1.165) is 65.8 Å². The van der Waals surface area contributed by atoms with Gasteiger partial charge in [-0.25, -0.2) is 0 Å². The largest absolute Gasteiger partial charge is 0.495 e. The summed E-state index contributed by atoms with van der Waals surface area (Å²) in [7, 11) is 1.59. The molecular weight excluding hydrogens is 526 g/mol. The number of amides is 1. The number of halogens is 1. The van der Waals surface area contributed by atoms with Gasteiger partial charge in [0.15, 0.2) is 0 Å². The molecule has 1 fully saturated rings. The summed E-state index contributed by atoms with van der Waals surface area (Å²) in [5.74, 6) is 1.29. The van der Waals surface area contributed by atoms with Crippen molar-refractivity contribution in [2.24, 2.45) is 0 Å². The van der Waals surface area contributed by atoms with Crippen LogP contribution < -0.4 is 25.0 Å². The summed E-state index contributed by atoms with van der Waals surface area (Å²) in [5.41, 5.74) is 7.04. The number of anilines is 4. The van der Waals surface area contributed by atoms with E-state index in [1.165, 1.54) is 5.69 Å². The number of nitrogens with one attached hydrogen (secondary N) is 2. The van der Waals surface area contributed by atoms with Gasteiger partial charge >= 0.3 is 0 Å². The number of hydrogen-bond donors (Lipinski definition) is 2. The van der Waals surface area contributed by atoms with Crippen LogP contribution in [-0.2, 0) is 11.2 Å². The van der Waals surface area contributed by atoms with Crippen molar-refractivity contribution in [1.29, 1.82) is 0 Å². The Balaban J connectivity index is 1.13. The Hall–Kier alpha value is -4.20.